The standard InChI is InChI=1S/C21H18O2/c1-20-15-10-6-7-11-16(15)21(2,23-20)18-17(20)12-14(19(18)22)13-8-4-3-5-9-13/h3-12,17-18H,1-2H3/t17-,18-,20+,21-/m1/s1. The smallest absolute Gasteiger partial charge is 0.170 e. The normalized spacial score (nSPS) is 36.8. The van der Waals surface area contributed by atoms with Gasteiger partial charge in [0.05, 0.1) is 11.5 Å². The zero-order valence-corrected chi connectivity index (χ0v) is 13.2. The SMILES string of the molecule is C[C@]12O[C@](C)(c3ccccc31)[C@H]1C(=O)C(c3ccccc3)=C[C@H]12. The molecule has 0 saturated carbocycles. The predicted octanol–water partition coefficient (Wildman–Crippen LogP) is 4.06. The van der Waals surface area contributed by atoms with Gasteiger partial charge in [-0.25, -0.2) is 0 Å². The summed E-state index contributed by atoms with van der Waals surface area (Å²) in [6.07, 6.45) is 2.16. The van der Waals surface area contributed by atoms with Gasteiger partial charge in [0, 0.05) is 11.5 Å². The van der Waals surface area contributed by atoms with E-state index in [1.54, 1.807) is 0 Å². The van der Waals surface area contributed by atoms with E-state index in [1.165, 1.54) is 11.1 Å². The summed E-state index contributed by atoms with van der Waals surface area (Å²) < 4.78 is 6.47. The second-order valence-electron chi connectivity index (χ2n) is 7.18. The van der Waals surface area contributed by atoms with Gasteiger partial charge in [-0.15, -0.1) is 0 Å². The highest BCUT2D eigenvalue weighted by Gasteiger charge is 2.69. The van der Waals surface area contributed by atoms with Crippen LogP contribution >= 0.6 is 0 Å². The summed E-state index contributed by atoms with van der Waals surface area (Å²) >= 11 is 0. The van der Waals surface area contributed by atoms with Gasteiger partial charge in [0.25, 0.3) is 0 Å². The van der Waals surface area contributed by atoms with Crippen molar-refractivity contribution in [3.05, 3.63) is 77.4 Å². The fraction of sp³-hybridized carbons (Fsp3) is 0.286. The molecular formula is C21H18O2. The van der Waals surface area contributed by atoms with E-state index in [2.05, 4.69) is 38.1 Å². The molecule has 1 saturated heterocycles. The number of fused-ring (bicyclic) bond motifs is 8. The number of hydrogen-bond acceptors (Lipinski definition) is 2. The van der Waals surface area contributed by atoms with Crippen LogP contribution in [0, 0.1) is 11.8 Å². The molecule has 0 N–H and O–H groups in total. The maximum Gasteiger partial charge on any atom is 0.170 e. The minimum absolute atomic E-state index is 0.113. The Bertz CT molecular complexity index is 866. The summed E-state index contributed by atoms with van der Waals surface area (Å²) in [5, 5.41) is 0. The van der Waals surface area contributed by atoms with Gasteiger partial charge in [-0.05, 0) is 30.5 Å². The van der Waals surface area contributed by atoms with Gasteiger partial charge in [0.15, 0.2) is 5.78 Å². The van der Waals surface area contributed by atoms with E-state index in [4.69, 9.17) is 4.74 Å². The number of rotatable bonds is 1. The first kappa shape index (κ1) is 13.3. The van der Waals surface area contributed by atoms with Crippen LogP contribution in [-0.2, 0) is 20.7 Å². The molecule has 1 aliphatic carbocycles. The van der Waals surface area contributed by atoms with Crippen molar-refractivity contribution in [3.8, 4) is 0 Å². The lowest BCUT2D eigenvalue weighted by Crippen LogP contribution is -2.37. The third kappa shape index (κ3) is 1.41. The van der Waals surface area contributed by atoms with Gasteiger partial charge in [0.1, 0.15) is 5.60 Å². The maximum absolute atomic E-state index is 13.2. The first-order valence-electron chi connectivity index (χ1n) is 8.17. The molecule has 0 amide bonds. The van der Waals surface area contributed by atoms with Crippen molar-refractivity contribution in [2.24, 2.45) is 11.8 Å². The molecule has 114 valence electrons. The maximum atomic E-state index is 13.2. The summed E-state index contributed by atoms with van der Waals surface area (Å²) in [5.41, 5.74) is 3.38. The third-order valence-corrected chi connectivity index (χ3v) is 5.99. The summed E-state index contributed by atoms with van der Waals surface area (Å²) in [7, 11) is 0. The van der Waals surface area contributed by atoms with E-state index in [0.717, 1.165) is 11.1 Å². The minimum atomic E-state index is -0.514. The molecule has 1 fully saturated rings. The van der Waals surface area contributed by atoms with Crippen LogP contribution in [0.2, 0.25) is 0 Å². The van der Waals surface area contributed by atoms with E-state index >= 15 is 0 Å². The van der Waals surface area contributed by atoms with Crippen LogP contribution in [0.25, 0.3) is 5.57 Å². The predicted molar refractivity (Wildman–Crippen MR) is 88.6 cm³/mol. The molecule has 3 aliphatic rings. The van der Waals surface area contributed by atoms with Crippen molar-refractivity contribution >= 4 is 11.4 Å². The van der Waals surface area contributed by atoms with Crippen LogP contribution in [0.1, 0.15) is 30.5 Å². The highest BCUT2D eigenvalue weighted by Crippen LogP contribution is 2.67. The number of carbonyl (C=O) groups is 1. The number of benzene rings is 2. The largest absolute Gasteiger partial charge is 0.358 e. The Morgan fingerprint density at radius 1 is 0.870 bits per heavy atom. The topological polar surface area (TPSA) is 26.3 Å². The van der Waals surface area contributed by atoms with Crippen LogP contribution in [0.3, 0.4) is 0 Å². The number of carbonyl (C=O) groups excluding carboxylic acids is 1. The van der Waals surface area contributed by atoms with Crippen molar-refractivity contribution < 1.29 is 9.53 Å². The second kappa shape index (κ2) is 4.01. The van der Waals surface area contributed by atoms with Gasteiger partial charge >= 0.3 is 0 Å². The van der Waals surface area contributed by atoms with Gasteiger partial charge < -0.3 is 4.74 Å². The number of ketones is 1. The van der Waals surface area contributed by atoms with E-state index in [1.807, 2.05) is 36.4 Å². The summed E-state index contributed by atoms with van der Waals surface area (Å²) in [6, 6.07) is 18.4. The van der Waals surface area contributed by atoms with Crippen LogP contribution in [0.4, 0.5) is 0 Å². The van der Waals surface area contributed by atoms with Gasteiger partial charge in [-0.3, -0.25) is 4.79 Å². The van der Waals surface area contributed by atoms with Crippen molar-refractivity contribution in [2.75, 3.05) is 0 Å². The van der Waals surface area contributed by atoms with Crippen LogP contribution in [0.15, 0.2) is 60.7 Å². The number of Topliss-reactive ketones (excluding diaryl/α,β-unsaturated/α-hetero) is 1. The molecule has 0 unspecified atom stereocenters. The quantitative estimate of drug-likeness (QED) is 0.794. The molecule has 2 nitrogen and oxygen atoms in total. The van der Waals surface area contributed by atoms with E-state index < -0.39 is 11.2 Å². The number of hydrogen-bond donors (Lipinski definition) is 0. The van der Waals surface area contributed by atoms with E-state index in [9.17, 15) is 4.79 Å². The number of allylic oxidation sites excluding steroid dienone is 1. The molecule has 0 aromatic heterocycles. The monoisotopic (exact) mass is 302 g/mol. The van der Waals surface area contributed by atoms with Crippen molar-refractivity contribution in [3.63, 3.8) is 0 Å². The second-order valence-corrected chi connectivity index (χ2v) is 7.18. The summed E-state index contributed by atoms with van der Waals surface area (Å²) in [5.74, 6) is 0.227. The average molecular weight is 302 g/mol. The number of ether oxygens (including phenoxy) is 1. The Hall–Kier alpha value is -2.19. The van der Waals surface area contributed by atoms with Crippen molar-refractivity contribution in [1.29, 1.82) is 0 Å². The molecule has 2 aliphatic heterocycles. The first-order valence-corrected chi connectivity index (χ1v) is 8.17. The fourth-order valence-corrected chi connectivity index (χ4v) is 4.99. The molecule has 2 bridgehead atoms. The molecule has 5 rings (SSSR count). The Morgan fingerprint density at radius 3 is 2.17 bits per heavy atom. The van der Waals surface area contributed by atoms with Gasteiger partial charge in [-0.1, -0.05) is 60.7 Å². The third-order valence-electron chi connectivity index (χ3n) is 5.99. The lowest BCUT2D eigenvalue weighted by Gasteiger charge is -2.32. The Labute approximate surface area is 135 Å². The first-order chi connectivity index (χ1) is 11.1. The molecule has 4 atom stereocenters. The van der Waals surface area contributed by atoms with E-state index in [-0.39, 0.29) is 17.6 Å². The Morgan fingerprint density at radius 2 is 1.48 bits per heavy atom. The van der Waals surface area contributed by atoms with Gasteiger partial charge in [-0.2, -0.15) is 0 Å². The minimum Gasteiger partial charge on any atom is -0.358 e. The van der Waals surface area contributed by atoms with Crippen molar-refractivity contribution in [1.82, 2.24) is 0 Å². The van der Waals surface area contributed by atoms with E-state index in [0.29, 0.717) is 0 Å². The molecule has 2 aromatic carbocycles. The average Bonchev–Trinajstić information content (AvgIpc) is 3.12. The highest BCUT2D eigenvalue weighted by atomic mass is 16.5. The van der Waals surface area contributed by atoms with Crippen LogP contribution in [-0.4, -0.2) is 5.78 Å². The molecule has 2 aromatic rings. The molecule has 0 spiro atoms. The lowest BCUT2D eigenvalue weighted by atomic mass is 9.66. The lowest BCUT2D eigenvalue weighted by molar-refractivity contribution is -0.124. The van der Waals surface area contributed by atoms with Crippen LogP contribution in [0.5, 0.6) is 0 Å². The Kier molecular flexibility index (Phi) is 2.31. The van der Waals surface area contributed by atoms with Crippen molar-refractivity contribution in [2.45, 2.75) is 25.0 Å². The molecule has 0 radical (unpaired) electrons. The highest BCUT2D eigenvalue weighted by molar-refractivity contribution is 6.24. The zero-order valence-electron chi connectivity index (χ0n) is 13.2. The fourth-order valence-electron chi connectivity index (χ4n) is 4.99. The Balaban J connectivity index is 1.71. The van der Waals surface area contributed by atoms with Crippen LogP contribution < -0.4 is 0 Å². The molecule has 2 heteroatoms. The summed E-state index contributed by atoms with van der Waals surface area (Å²) in [6.45, 7) is 4.22. The molecular weight excluding hydrogens is 284 g/mol. The molecule has 2 heterocycles. The summed E-state index contributed by atoms with van der Waals surface area (Å²) in [4.78, 5) is 13.2. The zero-order chi connectivity index (χ0) is 15.8. The molecule has 23 heavy (non-hydrogen) atoms. The van der Waals surface area contributed by atoms with Gasteiger partial charge in [0.2, 0.25) is 0 Å².